The Labute approximate surface area is 236 Å². The average Bonchev–Trinajstić information content (AvgIpc) is 3.64. The lowest BCUT2D eigenvalue weighted by atomic mass is 10.0. The summed E-state index contributed by atoms with van der Waals surface area (Å²) in [5.41, 5.74) is 7.43. The molecule has 2 amide bonds. The van der Waals surface area contributed by atoms with E-state index in [1.807, 2.05) is 36.4 Å². The Bertz CT molecular complexity index is 1710. The molecule has 0 atom stereocenters. The minimum Gasteiger partial charge on any atom is -0.368 e. The number of piperazine rings is 1. The van der Waals surface area contributed by atoms with Gasteiger partial charge in [0.05, 0.1) is 28.7 Å². The van der Waals surface area contributed by atoms with Crippen LogP contribution in [0, 0.1) is 5.82 Å². The first-order valence-electron chi connectivity index (χ1n) is 13.5. The molecule has 208 valence electrons. The van der Waals surface area contributed by atoms with Gasteiger partial charge in [-0.15, -0.1) is 0 Å². The summed E-state index contributed by atoms with van der Waals surface area (Å²) in [5, 5.41) is 8.17. The quantitative estimate of drug-likeness (QED) is 0.277. The van der Waals surface area contributed by atoms with Crippen molar-refractivity contribution in [2.45, 2.75) is 6.42 Å². The van der Waals surface area contributed by atoms with Crippen LogP contribution in [0.2, 0.25) is 0 Å². The topological polar surface area (TPSA) is 98.3 Å². The molecule has 0 saturated carbocycles. The van der Waals surface area contributed by atoms with Gasteiger partial charge in [-0.25, -0.2) is 9.82 Å². The third-order valence-electron chi connectivity index (χ3n) is 7.34. The molecule has 0 radical (unpaired) electrons. The molecule has 0 bridgehead atoms. The summed E-state index contributed by atoms with van der Waals surface area (Å²) in [7, 11) is 2.07. The first-order chi connectivity index (χ1) is 19.9. The number of aromatic nitrogens is 3. The fraction of sp³-hybridized carbons (Fsp3) is 0.194. The normalized spacial score (nSPS) is 13.9. The number of benzene rings is 3. The summed E-state index contributed by atoms with van der Waals surface area (Å²) in [6.45, 7) is 3.23. The van der Waals surface area contributed by atoms with Crippen molar-refractivity contribution in [3.8, 4) is 0 Å². The van der Waals surface area contributed by atoms with E-state index in [1.54, 1.807) is 36.7 Å². The van der Waals surface area contributed by atoms with E-state index in [-0.39, 0.29) is 11.7 Å². The highest BCUT2D eigenvalue weighted by molar-refractivity contribution is 6.13. The number of amides is 2. The number of nitrogens with one attached hydrogen (secondary N) is 3. The second kappa shape index (κ2) is 11.3. The van der Waals surface area contributed by atoms with E-state index < -0.39 is 5.91 Å². The Morgan fingerprint density at radius 3 is 2.51 bits per heavy atom. The highest BCUT2D eigenvalue weighted by Gasteiger charge is 2.25. The summed E-state index contributed by atoms with van der Waals surface area (Å²) in [6.07, 6.45) is 3.94. The van der Waals surface area contributed by atoms with Crippen LogP contribution in [0.15, 0.2) is 85.2 Å². The van der Waals surface area contributed by atoms with Gasteiger partial charge >= 0.3 is 0 Å². The third-order valence-corrected chi connectivity index (χ3v) is 7.34. The lowest BCUT2D eigenvalue weighted by Crippen LogP contribution is -2.45. The SMILES string of the molecule is CN1CCN(c2cccc(NC(=O)c3ccc[nH]3)c2C(=O)Nn2ncc3cc(Cc4cccc(F)c4)ccc32)CC1. The minimum atomic E-state index is -0.393. The molecule has 1 fully saturated rings. The van der Waals surface area contributed by atoms with E-state index in [4.69, 9.17) is 0 Å². The Hall–Kier alpha value is -4.96. The van der Waals surface area contributed by atoms with Gasteiger partial charge in [0.25, 0.3) is 11.8 Å². The maximum absolute atomic E-state index is 13.9. The van der Waals surface area contributed by atoms with Gasteiger partial charge in [0.2, 0.25) is 0 Å². The first-order valence-corrected chi connectivity index (χ1v) is 13.5. The standard InChI is InChI=1S/C31H30FN7O2/c1-37-13-15-38(16-14-37)28-9-3-7-25(35-30(40)26-8-4-12-33-26)29(28)31(41)36-39-27-11-10-22(18-23(27)20-34-39)17-21-5-2-6-24(32)19-21/h2-12,18-20,33H,13-17H2,1H3,(H,35,40)(H,36,41). The first kappa shape index (κ1) is 26.3. The molecule has 0 unspecified atom stereocenters. The van der Waals surface area contributed by atoms with Gasteiger partial charge in [-0.2, -0.15) is 9.89 Å². The van der Waals surface area contributed by atoms with Crippen LogP contribution in [0.5, 0.6) is 0 Å². The predicted octanol–water partition coefficient (Wildman–Crippen LogP) is 4.48. The average molecular weight is 552 g/mol. The van der Waals surface area contributed by atoms with Crippen molar-refractivity contribution >= 4 is 34.1 Å². The van der Waals surface area contributed by atoms with Crippen LogP contribution in [0.4, 0.5) is 15.8 Å². The van der Waals surface area contributed by atoms with Crippen molar-refractivity contribution in [1.29, 1.82) is 0 Å². The molecule has 3 heterocycles. The molecule has 6 rings (SSSR count). The van der Waals surface area contributed by atoms with Crippen molar-refractivity contribution in [3.05, 3.63) is 113 Å². The van der Waals surface area contributed by atoms with Crippen molar-refractivity contribution in [3.63, 3.8) is 0 Å². The van der Waals surface area contributed by atoms with E-state index in [1.165, 1.54) is 16.9 Å². The predicted molar refractivity (Wildman–Crippen MR) is 158 cm³/mol. The highest BCUT2D eigenvalue weighted by Crippen LogP contribution is 2.30. The fourth-order valence-electron chi connectivity index (χ4n) is 5.17. The highest BCUT2D eigenvalue weighted by atomic mass is 19.1. The zero-order chi connectivity index (χ0) is 28.3. The lowest BCUT2D eigenvalue weighted by molar-refractivity contribution is 0.101. The Kier molecular flexibility index (Phi) is 7.22. The number of halogens is 1. The number of rotatable bonds is 7. The van der Waals surface area contributed by atoms with Gasteiger partial charge < -0.3 is 20.1 Å². The molecule has 5 aromatic rings. The molecule has 1 saturated heterocycles. The van der Waals surface area contributed by atoms with Crippen LogP contribution in [0.1, 0.15) is 32.0 Å². The number of hydrogen-bond acceptors (Lipinski definition) is 5. The summed E-state index contributed by atoms with van der Waals surface area (Å²) in [5.74, 6) is -0.996. The molecule has 0 spiro atoms. The van der Waals surface area contributed by atoms with Gasteiger partial charge in [0, 0.05) is 37.8 Å². The van der Waals surface area contributed by atoms with Crippen LogP contribution in [0.25, 0.3) is 10.9 Å². The molecule has 3 N–H and O–H groups in total. The summed E-state index contributed by atoms with van der Waals surface area (Å²) in [6, 6.07) is 21.3. The number of carbonyl (C=O) groups is 2. The van der Waals surface area contributed by atoms with E-state index in [2.05, 4.69) is 37.7 Å². The Morgan fingerprint density at radius 2 is 1.73 bits per heavy atom. The smallest absolute Gasteiger partial charge is 0.275 e. The summed E-state index contributed by atoms with van der Waals surface area (Å²) in [4.78, 5) is 35.6. The molecule has 0 aliphatic carbocycles. The molecular formula is C31H30FN7O2. The Balaban J connectivity index is 1.29. The van der Waals surface area contributed by atoms with Crippen LogP contribution >= 0.6 is 0 Å². The maximum Gasteiger partial charge on any atom is 0.275 e. The summed E-state index contributed by atoms with van der Waals surface area (Å²) >= 11 is 0. The van der Waals surface area contributed by atoms with E-state index in [9.17, 15) is 14.0 Å². The number of carbonyl (C=O) groups excluding carboxylic acids is 2. The van der Waals surface area contributed by atoms with Crippen molar-refractivity contribution < 1.29 is 14.0 Å². The van der Waals surface area contributed by atoms with Crippen molar-refractivity contribution in [1.82, 2.24) is 19.8 Å². The monoisotopic (exact) mass is 551 g/mol. The van der Waals surface area contributed by atoms with Gasteiger partial charge in [0.15, 0.2) is 0 Å². The van der Waals surface area contributed by atoms with Gasteiger partial charge in [-0.05, 0) is 73.1 Å². The maximum atomic E-state index is 13.9. The van der Waals surface area contributed by atoms with Gasteiger partial charge in [0.1, 0.15) is 11.5 Å². The minimum absolute atomic E-state index is 0.264. The van der Waals surface area contributed by atoms with Crippen molar-refractivity contribution in [2.24, 2.45) is 0 Å². The number of nitrogens with zero attached hydrogens (tertiary/aromatic N) is 4. The molecule has 41 heavy (non-hydrogen) atoms. The Morgan fingerprint density at radius 1 is 0.927 bits per heavy atom. The zero-order valence-corrected chi connectivity index (χ0v) is 22.6. The van der Waals surface area contributed by atoms with E-state index >= 15 is 0 Å². The second-order valence-corrected chi connectivity index (χ2v) is 10.2. The summed E-state index contributed by atoms with van der Waals surface area (Å²) < 4.78 is 13.6. The molecule has 10 heteroatoms. The largest absolute Gasteiger partial charge is 0.368 e. The van der Waals surface area contributed by atoms with Crippen LogP contribution in [-0.2, 0) is 6.42 Å². The number of anilines is 2. The molecule has 1 aliphatic rings. The molecule has 1 aliphatic heterocycles. The number of H-pyrrole nitrogens is 1. The lowest BCUT2D eigenvalue weighted by Gasteiger charge is -2.35. The van der Waals surface area contributed by atoms with Crippen molar-refractivity contribution in [2.75, 3.05) is 48.9 Å². The van der Waals surface area contributed by atoms with Crippen LogP contribution < -0.4 is 15.6 Å². The molecular weight excluding hydrogens is 521 g/mol. The number of aromatic amines is 1. The zero-order valence-electron chi connectivity index (χ0n) is 22.6. The molecule has 2 aromatic heterocycles. The molecule has 9 nitrogen and oxygen atoms in total. The van der Waals surface area contributed by atoms with Gasteiger partial charge in [-0.3, -0.25) is 9.59 Å². The second-order valence-electron chi connectivity index (χ2n) is 10.2. The number of hydrogen-bond donors (Lipinski definition) is 3. The number of fused-ring (bicyclic) bond motifs is 1. The van der Waals surface area contributed by atoms with E-state index in [0.717, 1.165) is 53.9 Å². The van der Waals surface area contributed by atoms with Gasteiger partial charge in [-0.1, -0.05) is 24.3 Å². The molecule has 3 aromatic carbocycles. The number of likely N-dealkylation sites (N-methyl/N-ethyl adjacent to an activating group) is 1. The van der Waals surface area contributed by atoms with E-state index in [0.29, 0.717) is 23.4 Å². The van der Waals surface area contributed by atoms with Crippen LogP contribution in [0.3, 0.4) is 0 Å². The fourth-order valence-corrected chi connectivity index (χ4v) is 5.17. The van der Waals surface area contributed by atoms with Crippen LogP contribution in [-0.4, -0.2) is 64.8 Å². The third kappa shape index (κ3) is 5.68.